The number of nitrogens with zero attached hydrogens (tertiary/aromatic N) is 1. The maximum absolute atomic E-state index is 12.0. The van der Waals surface area contributed by atoms with Crippen molar-refractivity contribution in [3.8, 4) is 5.75 Å². The quantitative estimate of drug-likeness (QED) is 0.842. The van der Waals surface area contributed by atoms with Gasteiger partial charge >= 0.3 is 0 Å². The second kappa shape index (κ2) is 6.07. The van der Waals surface area contributed by atoms with Crippen LogP contribution in [0.15, 0.2) is 24.3 Å². The number of carbonyl (C=O) groups is 1. The Hall–Kier alpha value is -1.26. The van der Waals surface area contributed by atoms with Crippen molar-refractivity contribution in [2.75, 3.05) is 26.4 Å². The van der Waals surface area contributed by atoms with E-state index in [-0.39, 0.29) is 18.6 Å². The number of hydrogen-bond donors (Lipinski definition) is 0. The fourth-order valence-corrected chi connectivity index (χ4v) is 1.98. The van der Waals surface area contributed by atoms with Gasteiger partial charge in [-0.2, -0.15) is 0 Å². The van der Waals surface area contributed by atoms with Crippen molar-refractivity contribution in [3.05, 3.63) is 29.3 Å². The molecule has 1 atom stereocenters. The van der Waals surface area contributed by atoms with E-state index in [1.165, 1.54) is 0 Å². The molecule has 0 saturated carbocycles. The molecule has 0 aromatic heterocycles. The Balaban J connectivity index is 1.85. The minimum Gasteiger partial charge on any atom is -0.484 e. The molecule has 5 heteroatoms. The molecule has 1 aromatic carbocycles. The largest absolute Gasteiger partial charge is 0.484 e. The van der Waals surface area contributed by atoms with Gasteiger partial charge in [0.05, 0.1) is 19.3 Å². The monoisotopic (exact) mass is 269 g/mol. The lowest BCUT2D eigenvalue weighted by molar-refractivity contribution is -0.141. The van der Waals surface area contributed by atoms with Gasteiger partial charge < -0.3 is 14.4 Å². The molecule has 18 heavy (non-hydrogen) atoms. The van der Waals surface area contributed by atoms with Crippen LogP contribution < -0.4 is 4.74 Å². The first-order chi connectivity index (χ1) is 8.66. The predicted molar refractivity (Wildman–Crippen MR) is 68.9 cm³/mol. The summed E-state index contributed by atoms with van der Waals surface area (Å²) in [5.41, 5.74) is 0. The zero-order valence-corrected chi connectivity index (χ0v) is 11.0. The van der Waals surface area contributed by atoms with Crippen molar-refractivity contribution in [2.45, 2.75) is 13.0 Å². The first-order valence-corrected chi connectivity index (χ1v) is 6.30. The van der Waals surface area contributed by atoms with Crippen LogP contribution in [0.25, 0.3) is 0 Å². The van der Waals surface area contributed by atoms with E-state index < -0.39 is 0 Å². The molecule has 0 radical (unpaired) electrons. The average molecular weight is 270 g/mol. The molecule has 1 aliphatic heterocycles. The molecule has 1 aromatic rings. The third-order valence-electron chi connectivity index (χ3n) is 2.86. The van der Waals surface area contributed by atoms with Gasteiger partial charge in [-0.3, -0.25) is 4.79 Å². The highest BCUT2D eigenvalue weighted by atomic mass is 35.5. The normalized spacial score (nSPS) is 19.7. The molecule has 0 spiro atoms. The van der Waals surface area contributed by atoms with Crippen LogP contribution in [-0.2, 0) is 9.53 Å². The fourth-order valence-electron chi connectivity index (χ4n) is 1.86. The van der Waals surface area contributed by atoms with Gasteiger partial charge in [-0.1, -0.05) is 11.6 Å². The predicted octanol–water partition coefficient (Wildman–Crippen LogP) is 1.97. The van der Waals surface area contributed by atoms with Crippen LogP contribution in [0.5, 0.6) is 5.75 Å². The summed E-state index contributed by atoms with van der Waals surface area (Å²) in [5, 5.41) is 0.649. The molecular weight excluding hydrogens is 254 g/mol. The number of morpholine rings is 1. The van der Waals surface area contributed by atoms with Gasteiger partial charge in [0.15, 0.2) is 6.61 Å². The van der Waals surface area contributed by atoms with Crippen LogP contribution in [0.1, 0.15) is 6.92 Å². The van der Waals surface area contributed by atoms with E-state index in [0.29, 0.717) is 30.5 Å². The van der Waals surface area contributed by atoms with E-state index in [1.807, 2.05) is 6.92 Å². The van der Waals surface area contributed by atoms with Gasteiger partial charge in [-0.15, -0.1) is 0 Å². The minimum atomic E-state index is -0.0132. The molecule has 1 heterocycles. The standard InChI is InChI=1S/C13H16ClNO3/c1-10-8-17-7-6-15(10)13(16)9-18-12-4-2-11(14)3-5-12/h2-5,10H,6-9H2,1H3. The molecule has 2 rings (SSSR count). The van der Waals surface area contributed by atoms with Gasteiger partial charge in [0.2, 0.25) is 0 Å². The summed E-state index contributed by atoms with van der Waals surface area (Å²) < 4.78 is 10.7. The lowest BCUT2D eigenvalue weighted by Gasteiger charge is -2.33. The van der Waals surface area contributed by atoms with Crippen molar-refractivity contribution >= 4 is 17.5 Å². The van der Waals surface area contributed by atoms with Crippen molar-refractivity contribution in [2.24, 2.45) is 0 Å². The smallest absolute Gasteiger partial charge is 0.260 e. The molecule has 0 aliphatic carbocycles. The molecule has 98 valence electrons. The van der Waals surface area contributed by atoms with E-state index >= 15 is 0 Å². The van der Waals surface area contributed by atoms with E-state index in [4.69, 9.17) is 21.1 Å². The number of ether oxygens (including phenoxy) is 2. The Morgan fingerprint density at radius 3 is 2.89 bits per heavy atom. The van der Waals surface area contributed by atoms with E-state index in [1.54, 1.807) is 29.2 Å². The van der Waals surface area contributed by atoms with Crippen LogP contribution >= 0.6 is 11.6 Å². The highest BCUT2D eigenvalue weighted by Gasteiger charge is 2.23. The van der Waals surface area contributed by atoms with Crippen molar-refractivity contribution in [3.63, 3.8) is 0 Å². The van der Waals surface area contributed by atoms with E-state index in [9.17, 15) is 4.79 Å². The highest BCUT2D eigenvalue weighted by Crippen LogP contribution is 2.16. The SMILES string of the molecule is CC1COCCN1C(=O)COc1ccc(Cl)cc1. The van der Waals surface area contributed by atoms with Crippen molar-refractivity contribution in [1.29, 1.82) is 0 Å². The van der Waals surface area contributed by atoms with Crippen LogP contribution in [0.4, 0.5) is 0 Å². The summed E-state index contributed by atoms with van der Waals surface area (Å²) in [5.74, 6) is 0.634. The second-order valence-electron chi connectivity index (χ2n) is 4.25. The van der Waals surface area contributed by atoms with E-state index in [2.05, 4.69) is 0 Å². The lowest BCUT2D eigenvalue weighted by atomic mass is 10.2. The Morgan fingerprint density at radius 1 is 1.50 bits per heavy atom. The van der Waals surface area contributed by atoms with E-state index in [0.717, 1.165) is 0 Å². The number of benzene rings is 1. The molecule has 4 nitrogen and oxygen atoms in total. The van der Waals surface area contributed by atoms with Gasteiger partial charge in [-0.05, 0) is 31.2 Å². The minimum absolute atomic E-state index is 0.0132. The zero-order chi connectivity index (χ0) is 13.0. The Kier molecular flexibility index (Phi) is 4.44. The number of hydrogen-bond acceptors (Lipinski definition) is 3. The molecular formula is C13H16ClNO3. The maximum atomic E-state index is 12.0. The second-order valence-corrected chi connectivity index (χ2v) is 4.69. The van der Waals surface area contributed by atoms with Crippen LogP contribution in [-0.4, -0.2) is 43.2 Å². The fraction of sp³-hybridized carbons (Fsp3) is 0.462. The molecule has 0 N–H and O–H groups in total. The first kappa shape index (κ1) is 13.2. The summed E-state index contributed by atoms with van der Waals surface area (Å²) in [6.07, 6.45) is 0. The molecule has 1 unspecified atom stereocenters. The average Bonchev–Trinajstić information content (AvgIpc) is 2.38. The van der Waals surface area contributed by atoms with Crippen molar-refractivity contribution < 1.29 is 14.3 Å². The molecule has 0 bridgehead atoms. The van der Waals surface area contributed by atoms with Crippen LogP contribution in [0.2, 0.25) is 5.02 Å². The van der Waals surface area contributed by atoms with Crippen molar-refractivity contribution in [1.82, 2.24) is 4.90 Å². The first-order valence-electron chi connectivity index (χ1n) is 5.92. The summed E-state index contributed by atoms with van der Waals surface area (Å²) in [4.78, 5) is 13.8. The zero-order valence-electron chi connectivity index (χ0n) is 10.3. The lowest BCUT2D eigenvalue weighted by Crippen LogP contribution is -2.48. The summed E-state index contributed by atoms with van der Waals surface area (Å²) in [6, 6.07) is 7.08. The van der Waals surface area contributed by atoms with Gasteiger partial charge in [-0.25, -0.2) is 0 Å². The Morgan fingerprint density at radius 2 is 2.22 bits per heavy atom. The molecule has 1 aliphatic rings. The summed E-state index contributed by atoms with van der Waals surface area (Å²) >= 11 is 5.77. The molecule has 1 saturated heterocycles. The third kappa shape index (κ3) is 3.37. The number of halogens is 1. The number of carbonyl (C=O) groups excluding carboxylic acids is 1. The van der Waals surface area contributed by atoms with Crippen LogP contribution in [0.3, 0.4) is 0 Å². The van der Waals surface area contributed by atoms with Gasteiger partial charge in [0.25, 0.3) is 5.91 Å². The maximum Gasteiger partial charge on any atom is 0.260 e. The van der Waals surface area contributed by atoms with Crippen LogP contribution in [0, 0.1) is 0 Å². The van der Waals surface area contributed by atoms with Gasteiger partial charge in [0.1, 0.15) is 5.75 Å². The highest BCUT2D eigenvalue weighted by molar-refractivity contribution is 6.30. The molecule has 1 fully saturated rings. The number of rotatable bonds is 3. The third-order valence-corrected chi connectivity index (χ3v) is 3.12. The summed E-state index contributed by atoms with van der Waals surface area (Å²) in [7, 11) is 0. The topological polar surface area (TPSA) is 38.8 Å². The molecule has 1 amide bonds. The number of amides is 1. The summed E-state index contributed by atoms with van der Waals surface area (Å²) in [6.45, 7) is 3.83. The Labute approximate surface area is 111 Å². The van der Waals surface area contributed by atoms with Gasteiger partial charge in [0, 0.05) is 11.6 Å². The Bertz CT molecular complexity index is 407.